The molecule has 3 aromatic rings. The summed E-state index contributed by atoms with van der Waals surface area (Å²) in [4.78, 5) is 22.9. The van der Waals surface area contributed by atoms with Gasteiger partial charge in [0.1, 0.15) is 11.3 Å². The molecule has 0 N–H and O–H groups in total. The van der Waals surface area contributed by atoms with Crippen molar-refractivity contribution >= 4 is 11.2 Å². The van der Waals surface area contributed by atoms with Crippen LogP contribution in [-0.2, 0) is 10.2 Å². The van der Waals surface area contributed by atoms with Gasteiger partial charge < -0.3 is 9.47 Å². The van der Waals surface area contributed by atoms with Crippen LogP contribution < -0.4 is 4.74 Å². The highest BCUT2D eigenvalue weighted by molar-refractivity contribution is 5.75. The predicted molar refractivity (Wildman–Crippen MR) is 129 cm³/mol. The minimum absolute atomic E-state index is 0.0245. The minimum atomic E-state index is -4.26. The van der Waals surface area contributed by atoms with Crippen LogP contribution in [0.25, 0.3) is 11.2 Å². The number of halogens is 3. The molecule has 37 heavy (non-hydrogen) atoms. The SMILES string of the molecule is [2H]C([2H])([2H])C([2H])(Oc1ccc([C@H]2C[C@@H](c3nc(C45CC(C(F)(F)F)(C4)C5)c4nc(C)c(C)nc4n3)CCO2)cn1)C([2H])([2H])[2H]. The Kier molecular flexibility index (Phi) is 3.95. The summed E-state index contributed by atoms with van der Waals surface area (Å²) in [5, 5.41) is 0. The zero-order valence-corrected chi connectivity index (χ0v) is 20.3. The smallest absolute Gasteiger partial charge is 0.394 e. The normalized spacial score (nSPS) is 32.9. The van der Waals surface area contributed by atoms with Gasteiger partial charge >= 0.3 is 6.18 Å². The van der Waals surface area contributed by atoms with Gasteiger partial charge in [-0.1, -0.05) is 0 Å². The van der Waals surface area contributed by atoms with Crippen LogP contribution in [0.4, 0.5) is 13.2 Å². The van der Waals surface area contributed by atoms with Gasteiger partial charge in [-0.15, -0.1) is 0 Å². The van der Waals surface area contributed by atoms with Gasteiger partial charge in [0.15, 0.2) is 5.65 Å². The fourth-order valence-corrected chi connectivity index (χ4v) is 6.03. The van der Waals surface area contributed by atoms with Crippen molar-refractivity contribution in [3.8, 4) is 5.88 Å². The van der Waals surface area contributed by atoms with Gasteiger partial charge in [0, 0.05) is 38.4 Å². The second kappa shape index (κ2) is 8.31. The first-order valence-corrected chi connectivity index (χ1v) is 12.1. The van der Waals surface area contributed by atoms with Crippen molar-refractivity contribution in [1.29, 1.82) is 0 Å². The van der Waals surface area contributed by atoms with Crippen molar-refractivity contribution in [2.75, 3.05) is 6.61 Å². The monoisotopic (exact) mass is 520 g/mol. The highest BCUT2D eigenvalue weighted by atomic mass is 19.4. The molecule has 0 spiro atoms. The lowest BCUT2D eigenvalue weighted by Gasteiger charge is -2.70. The van der Waals surface area contributed by atoms with Crippen molar-refractivity contribution in [3.63, 3.8) is 0 Å². The average Bonchev–Trinajstić information content (AvgIpc) is 2.86. The lowest BCUT2D eigenvalue weighted by Crippen LogP contribution is -2.70. The Morgan fingerprint density at radius 3 is 2.54 bits per heavy atom. The molecule has 0 amide bonds. The van der Waals surface area contributed by atoms with E-state index in [1.54, 1.807) is 19.9 Å². The third-order valence-electron chi connectivity index (χ3n) is 8.08. The van der Waals surface area contributed by atoms with Crippen LogP contribution in [0.15, 0.2) is 18.3 Å². The van der Waals surface area contributed by atoms with Crippen LogP contribution in [0, 0.1) is 19.3 Å². The van der Waals surface area contributed by atoms with Gasteiger partial charge in [-0.25, -0.2) is 24.9 Å². The van der Waals surface area contributed by atoms with Gasteiger partial charge in [0.25, 0.3) is 0 Å². The zero-order valence-electron chi connectivity index (χ0n) is 27.3. The van der Waals surface area contributed by atoms with E-state index >= 15 is 0 Å². The van der Waals surface area contributed by atoms with Gasteiger partial charge in [-0.05, 0) is 71.3 Å². The minimum Gasteiger partial charge on any atom is -0.475 e. The molecular formula is C27H30F3N5O2. The molecule has 196 valence electrons. The number of fused-ring (bicyclic) bond motifs is 1. The van der Waals surface area contributed by atoms with E-state index in [1.165, 1.54) is 12.3 Å². The molecular weight excluding hydrogens is 483 g/mol. The van der Waals surface area contributed by atoms with Gasteiger partial charge in [0.05, 0.1) is 36.1 Å². The highest BCUT2D eigenvalue weighted by Gasteiger charge is 2.79. The van der Waals surface area contributed by atoms with Crippen LogP contribution in [0.2, 0.25) is 0 Å². The highest BCUT2D eigenvalue weighted by Crippen LogP contribution is 2.78. The molecule has 2 atom stereocenters. The van der Waals surface area contributed by atoms with E-state index in [9.17, 15) is 13.2 Å². The number of alkyl halides is 3. The van der Waals surface area contributed by atoms with Gasteiger partial charge in [0.2, 0.25) is 5.88 Å². The molecule has 3 aromatic heterocycles. The van der Waals surface area contributed by atoms with E-state index in [0.717, 1.165) is 0 Å². The van der Waals surface area contributed by atoms with Crippen LogP contribution in [-0.4, -0.2) is 43.8 Å². The third-order valence-corrected chi connectivity index (χ3v) is 8.08. The Bertz CT molecular complexity index is 1580. The number of ether oxygens (including phenoxy) is 2. The Balaban J connectivity index is 1.26. The Labute approximate surface area is 223 Å². The second-order valence-electron chi connectivity index (χ2n) is 10.5. The number of aryl methyl sites for hydroxylation is 2. The molecule has 2 bridgehead atoms. The maximum Gasteiger partial charge on any atom is 0.394 e. The maximum atomic E-state index is 13.7. The first-order chi connectivity index (χ1) is 20.3. The molecule has 7 rings (SSSR count). The molecule has 3 saturated carbocycles. The second-order valence-corrected chi connectivity index (χ2v) is 10.5. The summed E-state index contributed by atoms with van der Waals surface area (Å²) in [5.74, 6) is -0.0937. The number of pyridine rings is 1. The van der Waals surface area contributed by atoms with E-state index in [1.807, 2.05) is 0 Å². The molecule has 1 saturated heterocycles. The van der Waals surface area contributed by atoms with Crippen molar-refractivity contribution in [2.24, 2.45) is 5.41 Å². The van der Waals surface area contributed by atoms with E-state index in [0.29, 0.717) is 59.1 Å². The lowest BCUT2D eigenvalue weighted by atomic mass is 9.34. The quantitative estimate of drug-likeness (QED) is 0.418. The summed E-state index contributed by atoms with van der Waals surface area (Å²) < 4.78 is 105. The van der Waals surface area contributed by atoms with Crippen LogP contribution in [0.3, 0.4) is 0 Å². The Morgan fingerprint density at radius 2 is 1.86 bits per heavy atom. The molecule has 10 heteroatoms. The summed E-state index contributed by atoms with van der Waals surface area (Å²) in [6.45, 7) is -2.62. The first-order valence-electron chi connectivity index (χ1n) is 15.6. The fraction of sp³-hybridized carbons (Fsp3) is 0.593. The number of rotatable bonds is 5. The summed E-state index contributed by atoms with van der Waals surface area (Å²) >= 11 is 0. The predicted octanol–water partition coefficient (Wildman–Crippen LogP) is 5.84. The Morgan fingerprint density at radius 1 is 1.11 bits per heavy atom. The molecule has 0 aromatic carbocycles. The molecule has 4 fully saturated rings. The van der Waals surface area contributed by atoms with Gasteiger partial charge in [-0.2, -0.15) is 13.2 Å². The molecule has 1 aliphatic heterocycles. The molecule has 7 nitrogen and oxygen atoms in total. The van der Waals surface area contributed by atoms with E-state index in [2.05, 4.69) is 15.0 Å². The topological polar surface area (TPSA) is 82.9 Å². The number of hydrogen-bond donors (Lipinski definition) is 0. The van der Waals surface area contributed by atoms with Crippen molar-refractivity contribution in [1.82, 2.24) is 24.9 Å². The van der Waals surface area contributed by atoms with Gasteiger partial charge in [-0.3, -0.25) is 0 Å². The Hall–Kier alpha value is -2.88. The lowest BCUT2D eigenvalue weighted by molar-refractivity contribution is -0.337. The molecule has 0 unspecified atom stereocenters. The number of hydrogen-bond acceptors (Lipinski definition) is 7. The molecule has 4 heterocycles. The van der Waals surface area contributed by atoms with Crippen molar-refractivity contribution in [3.05, 3.63) is 46.8 Å². The maximum absolute atomic E-state index is 13.7. The largest absolute Gasteiger partial charge is 0.475 e. The molecule has 3 aliphatic carbocycles. The number of aromatic nitrogens is 5. The zero-order chi connectivity index (χ0) is 32.1. The van der Waals surface area contributed by atoms with Crippen molar-refractivity contribution in [2.45, 2.75) is 89.3 Å². The van der Waals surface area contributed by atoms with E-state index < -0.39 is 42.9 Å². The van der Waals surface area contributed by atoms with Crippen molar-refractivity contribution < 1.29 is 32.2 Å². The van der Waals surface area contributed by atoms with Crippen LogP contribution in [0.1, 0.15) is 95.9 Å². The van der Waals surface area contributed by atoms with Crippen LogP contribution in [0.5, 0.6) is 5.88 Å². The standard InChI is InChI=1S/C27H30F3N5O2/c1-14(2)37-20-6-5-18(10-31-20)19-9-17(7-8-36-19)23-34-22(21-24(35-23)33-16(4)15(3)32-21)25-11-26(12-25,13-25)27(28,29)30/h5-6,10,14,17,19H,7-9,11-13H2,1-4H3/t17-,19+,25?,26?/m0/s1/i1D3,2D3,14D. The van der Waals surface area contributed by atoms with E-state index in [4.69, 9.17) is 29.0 Å². The third kappa shape index (κ3) is 3.95. The fourth-order valence-electron chi connectivity index (χ4n) is 6.03. The van der Waals surface area contributed by atoms with Crippen LogP contribution >= 0.6 is 0 Å². The first kappa shape index (κ1) is 17.6. The summed E-state index contributed by atoms with van der Waals surface area (Å²) in [5.41, 5.74) is 0.886. The molecule has 0 radical (unpaired) electrons. The van der Waals surface area contributed by atoms with E-state index in [-0.39, 0.29) is 31.1 Å². The average molecular weight is 521 g/mol. The summed E-state index contributed by atoms with van der Waals surface area (Å²) in [6, 6.07) is 2.84. The summed E-state index contributed by atoms with van der Waals surface area (Å²) in [6.07, 6.45) is -5.70. The molecule has 4 aliphatic rings. The summed E-state index contributed by atoms with van der Waals surface area (Å²) in [7, 11) is 0. The number of nitrogens with zero attached hydrogens (tertiary/aromatic N) is 5.